The number of oxime groups is 1. The van der Waals surface area contributed by atoms with Gasteiger partial charge in [0.25, 0.3) is 0 Å². The second-order valence-corrected chi connectivity index (χ2v) is 3.53. The van der Waals surface area contributed by atoms with E-state index in [1.807, 2.05) is 0 Å². The first-order valence-corrected chi connectivity index (χ1v) is 5.03. The minimum Gasteiger partial charge on any atom is -0.411 e. The number of benzene rings is 1. The van der Waals surface area contributed by atoms with E-state index in [1.54, 1.807) is 13.8 Å². The summed E-state index contributed by atoms with van der Waals surface area (Å²) in [6.45, 7) is 3.41. The molecule has 5 heteroatoms. The second-order valence-electron chi connectivity index (χ2n) is 3.53. The summed E-state index contributed by atoms with van der Waals surface area (Å²) in [5.41, 5.74) is 1.13. The third kappa shape index (κ3) is 3.09. The Morgan fingerprint density at radius 2 is 1.82 bits per heavy atom. The molecule has 0 bridgehead atoms. The van der Waals surface area contributed by atoms with E-state index in [0.29, 0.717) is 17.7 Å². The third-order valence-electron chi connectivity index (χ3n) is 2.30. The summed E-state index contributed by atoms with van der Waals surface area (Å²) in [5, 5.41) is 11.7. The third-order valence-corrected chi connectivity index (χ3v) is 2.30. The second kappa shape index (κ2) is 5.52. The first-order chi connectivity index (χ1) is 7.99. The van der Waals surface area contributed by atoms with Crippen LogP contribution in [0.15, 0.2) is 22.9 Å². The Morgan fingerprint density at radius 3 is 2.24 bits per heavy atom. The molecule has 0 atom stereocenters. The fourth-order valence-corrected chi connectivity index (χ4v) is 1.42. The molecular formula is C12H12F3NO. The van der Waals surface area contributed by atoms with Gasteiger partial charge in [-0.25, -0.2) is 13.2 Å². The quantitative estimate of drug-likeness (QED) is 0.373. The molecule has 0 aliphatic rings. The molecule has 2 nitrogen and oxygen atoms in total. The van der Waals surface area contributed by atoms with Crippen molar-refractivity contribution in [3.8, 4) is 0 Å². The highest BCUT2D eigenvalue weighted by Gasteiger charge is 2.10. The van der Waals surface area contributed by atoms with Crippen molar-refractivity contribution < 1.29 is 18.4 Å². The fraction of sp³-hybridized carbons (Fsp3) is 0.250. The molecule has 0 unspecified atom stereocenters. The van der Waals surface area contributed by atoms with E-state index in [2.05, 4.69) is 5.16 Å². The van der Waals surface area contributed by atoms with Gasteiger partial charge in [0, 0.05) is 0 Å². The molecule has 92 valence electrons. The predicted octanol–water partition coefficient (Wildman–Crippen LogP) is 3.75. The van der Waals surface area contributed by atoms with Crippen LogP contribution in [-0.4, -0.2) is 10.9 Å². The van der Waals surface area contributed by atoms with Crippen LogP contribution in [-0.2, 0) is 0 Å². The predicted molar refractivity (Wildman–Crippen MR) is 59.5 cm³/mol. The summed E-state index contributed by atoms with van der Waals surface area (Å²) in [6.07, 6.45) is 1.90. The van der Waals surface area contributed by atoms with Gasteiger partial charge in [0.2, 0.25) is 0 Å². The highest BCUT2D eigenvalue weighted by atomic mass is 19.2. The number of allylic oxidation sites excluding steroid dienone is 1. The highest BCUT2D eigenvalue weighted by molar-refractivity contribution is 6.02. The molecule has 0 aliphatic carbocycles. The van der Waals surface area contributed by atoms with E-state index in [4.69, 9.17) is 5.21 Å². The van der Waals surface area contributed by atoms with Crippen LogP contribution in [0.1, 0.15) is 25.8 Å². The molecule has 1 aromatic rings. The molecule has 0 spiro atoms. The Labute approximate surface area is 97.1 Å². The van der Waals surface area contributed by atoms with Crippen LogP contribution in [0.3, 0.4) is 0 Å². The minimum atomic E-state index is -1.49. The zero-order valence-electron chi connectivity index (χ0n) is 9.47. The lowest BCUT2D eigenvalue weighted by molar-refractivity contribution is 0.318. The van der Waals surface area contributed by atoms with E-state index in [1.165, 1.54) is 6.08 Å². The van der Waals surface area contributed by atoms with Crippen molar-refractivity contribution in [2.24, 2.45) is 5.16 Å². The Morgan fingerprint density at radius 1 is 1.29 bits per heavy atom. The highest BCUT2D eigenvalue weighted by Crippen LogP contribution is 2.16. The van der Waals surface area contributed by atoms with Gasteiger partial charge in [-0.15, -0.1) is 0 Å². The van der Waals surface area contributed by atoms with Gasteiger partial charge in [-0.05, 0) is 42.7 Å². The van der Waals surface area contributed by atoms with E-state index in [9.17, 15) is 13.2 Å². The summed E-state index contributed by atoms with van der Waals surface area (Å²) < 4.78 is 38.6. The van der Waals surface area contributed by atoms with Gasteiger partial charge < -0.3 is 5.21 Å². The summed E-state index contributed by atoms with van der Waals surface area (Å²) in [7, 11) is 0. The van der Waals surface area contributed by atoms with Gasteiger partial charge in [0.15, 0.2) is 17.5 Å². The van der Waals surface area contributed by atoms with E-state index >= 15 is 0 Å². The molecule has 1 rings (SSSR count). The standard InChI is InChI=1S/C12H12F3NO/c1-3-11(16-17)7(2)4-8-5-9(13)12(15)10(14)6-8/h4-6,17H,3H2,1-2H3/b7-4+,16-11+. The van der Waals surface area contributed by atoms with Crippen LogP contribution in [0, 0.1) is 17.5 Å². The van der Waals surface area contributed by atoms with Crippen molar-refractivity contribution in [1.82, 2.24) is 0 Å². The molecule has 0 saturated heterocycles. The summed E-state index contributed by atoms with van der Waals surface area (Å²) in [4.78, 5) is 0. The molecular weight excluding hydrogens is 231 g/mol. The van der Waals surface area contributed by atoms with Gasteiger partial charge in [-0.2, -0.15) is 0 Å². The minimum absolute atomic E-state index is 0.175. The molecule has 1 aromatic carbocycles. The molecule has 0 fully saturated rings. The zero-order chi connectivity index (χ0) is 13.0. The van der Waals surface area contributed by atoms with Crippen LogP contribution in [0.25, 0.3) is 6.08 Å². The average molecular weight is 243 g/mol. The van der Waals surface area contributed by atoms with Gasteiger partial charge >= 0.3 is 0 Å². The lowest BCUT2D eigenvalue weighted by Gasteiger charge is -2.03. The number of nitrogens with zero attached hydrogens (tertiary/aromatic N) is 1. The van der Waals surface area contributed by atoms with Crippen LogP contribution >= 0.6 is 0 Å². The average Bonchev–Trinajstić information content (AvgIpc) is 2.27. The maximum atomic E-state index is 12.9. The van der Waals surface area contributed by atoms with Crippen molar-refractivity contribution in [3.63, 3.8) is 0 Å². The number of halogens is 3. The lowest BCUT2D eigenvalue weighted by atomic mass is 10.1. The molecule has 0 radical (unpaired) electrons. The summed E-state index contributed by atoms with van der Waals surface area (Å²) in [5.74, 6) is -3.99. The molecule has 0 aromatic heterocycles. The van der Waals surface area contributed by atoms with Crippen molar-refractivity contribution in [2.75, 3.05) is 0 Å². The van der Waals surface area contributed by atoms with Gasteiger partial charge in [0.1, 0.15) is 0 Å². The fourth-order valence-electron chi connectivity index (χ4n) is 1.42. The van der Waals surface area contributed by atoms with Crippen molar-refractivity contribution in [1.29, 1.82) is 0 Å². The molecule has 0 amide bonds. The molecule has 1 N–H and O–H groups in total. The molecule has 0 heterocycles. The van der Waals surface area contributed by atoms with Crippen molar-refractivity contribution in [3.05, 3.63) is 40.7 Å². The Balaban J connectivity index is 3.15. The van der Waals surface area contributed by atoms with E-state index < -0.39 is 17.5 Å². The van der Waals surface area contributed by atoms with Crippen LogP contribution in [0.5, 0.6) is 0 Å². The van der Waals surface area contributed by atoms with Crippen molar-refractivity contribution in [2.45, 2.75) is 20.3 Å². The van der Waals surface area contributed by atoms with Crippen LogP contribution in [0.4, 0.5) is 13.2 Å². The van der Waals surface area contributed by atoms with Crippen LogP contribution in [0.2, 0.25) is 0 Å². The van der Waals surface area contributed by atoms with Gasteiger partial charge in [0.05, 0.1) is 5.71 Å². The molecule has 0 aliphatic heterocycles. The van der Waals surface area contributed by atoms with Gasteiger partial charge in [-0.1, -0.05) is 12.1 Å². The lowest BCUT2D eigenvalue weighted by Crippen LogP contribution is -1.98. The maximum absolute atomic E-state index is 12.9. The number of hydrogen-bond acceptors (Lipinski definition) is 2. The van der Waals surface area contributed by atoms with E-state index in [-0.39, 0.29) is 5.56 Å². The Kier molecular flexibility index (Phi) is 4.31. The molecule has 0 saturated carbocycles. The number of rotatable bonds is 3. The normalized spacial score (nSPS) is 13.0. The Bertz CT molecular complexity index is 458. The largest absolute Gasteiger partial charge is 0.411 e. The number of hydrogen-bond donors (Lipinski definition) is 1. The maximum Gasteiger partial charge on any atom is 0.194 e. The molecule has 17 heavy (non-hydrogen) atoms. The topological polar surface area (TPSA) is 32.6 Å². The SMILES string of the molecule is CCC(=N\O)/C(C)=C/c1cc(F)c(F)c(F)c1. The van der Waals surface area contributed by atoms with E-state index in [0.717, 1.165) is 12.1 Å². The monoisotopic (exact) mass is 243 g/mol. The van der Waals surface area contributed by atoms with Crippen molar-refractivity contribution >= 4 is 11.8 Å². The summed E-state index contributed by atoms with van der Waals surface area (Å²) >= 11 is 0. The zero-order valence-corrected chi connectivity index (χ0v) is 9.47. The van der Waals surface area contributed by atoms with Crippen LogP contribution < -0.4 is 0 Å². The smallest absolute Gasteiger partial charge is 0.194 e. The summed E-state index contributed by atoms with van der Waals surface area (Å²) in [6, 6.07) is 1.76. The van der Waals surface area contributed by atoms with Gasteiger partial charge in [-0.3, -0.25) is 0 Å². The first kappa shape index (κ1) is 13.3. The first-order valence-electron chi connectivity index (χ1n) is 5.03. The Hall–Kier alpha value is -1.78.